The van der Waals surface area contributed by atoms with Gasteiger partial charge < -0.3 is 0 Å². The summed E-state index contributed by atoms with van der Waals surface area (Å²) in [5.74, 6) is 1.16. The van der Waals surface area contributed by atoms with Crippen LogP contribution in [-0.4, -0.2) is 19.9 Å². The highest BCUT2D eigenvalue weighted by Gasteiger charge is 2.22. The minimum absolute atomic E-state index is 0.582. The van der Waals surface area contributed by atoms with Crippen molar-refractivity contribution in [2.24, 2.45) is 0 Å². The number of rotatable bonds is 1. The van der Waals surface area contributed by atoms with E-state index in [9.17, 15) is 8.42 Å². The van der Waals surface area contributed by atoms with E-state index in [1.807, 2.05) is 13.0 Å². The van der Waals surface area contributed by atoms with Gasteiger partial charge >= 0.3 is 0 Å². The third kappa shape index (κ3) is 1.55. The summed E-state index contributed by atoms with van der Waals surface area (Å²) in [5.41, 5.74) is 0. The van der Waals surface area contributed by atoms with E-state index in [4.69, 9.17) is 0 Å². The molecule has 0 aromatic carbocycles. The second kappa shape index (κ2) is 3.44. The average molecular weight is 178 g/mol. The predicted molar refractivity (Wildman–Crippen MR) is 44.4 cm³/mol. The Labute approximate surface area is 65.6 Å². The maximum atomic E-state index is 11.0. The molecular formula is C6H10O2S2. The van der Waals surface area contributed by atoms with Gasteiger partial charge in [0.15, 0.2) is 0 Å². The van der Waals surface area contributed by atoms with Crippen molar-refractivity contribution >= 4 is 21.6 Å². The normalized spacial score (nSPS) is 32.7. The zero-order chi connectivity index (χ0) is 7.56. The Morgan fingerprint density at radius 1 is 1.40 bits per heavy atom. The first-order valence-electron chi connectivity index (χ1n) is 3.22. The first kappa shape index (κ1) is 8.14. The van der Waals surface area contributed by atoms with Crippen LogP contribution in [0.2, 0.25) is 0 Å². The van der Waals surface area contributed by atoms with Gasteiger partial charge in [0, 0.05) is 11.5 Å². The molecule has 1 heterocycles. The van der Waals surface area contributed by atoms with Crippen LogP contribution in [0.15, 0.2) is 10.3 Å². The van der Waals surface area contributed by atoms with E-state index in [2.05, 4.69) is 0 Å². The Morgan fingerprint density at radius 3 is 2.30 bits per heavy atom. The fraction of sp³-hybridized carbons (Fsp3) is 0.667. The Bertz CT molecular complexity index is 190. The van der Waals surface area contributed by atoms with E-state index in [0.29, 0.717) is 15.7 Å². The van der Waals surface area contributed by atoms with Crippen LogP contribution in [0.25, 0.3) is 0 Å². The van der Waals surface area contributed by atoms with Gasteiger partial charge in [0.05, 0.1) is 25.8 Å². The molecule has 4 heteroatoms. The fourth-order valence-electron chi connectivity index (χ4n) is 0.809. The smallest absolute Gasteiger partial charge is 0.0989 e. The number of hydrogen-bond donors (Lipinski definition) is 0. The zero-order valence-corrected chi connectivity index (χ0v) is 7.46. The third-order valence-electron chi connectivity index (χ3n) is 1.27. The lowest BCUT2D eigenvalue weighted by Gasteiger charge is -1.89. The summed E-state index contributed by atoms with van der Waals surface area (Å²) in [6.45, 7) is 1.96. The van der Waals surface area contributed by atoms with E-state index in [0.717, 1.165) is 6.42 Å². The first-order valence-corrected chi connectivity index (χ1v) is 5.86. The molecule has 0 N–H and O–H groups in total. The monoisotopic (exact) mass is 178 g/mol. The van der Waals surface area contributed by atoms with Crippen LogP contribution in [0.1, 0.15) is 13.3 Å². The van der Waals surface area contributed by atoms with Crippen LogP contribution in [0.5, 0.6) is 0 Å². The molecule has 1 rings (SSSR count). The first-order chi connectivity index (χ1) is 4.75. The van der Waals surface area contributed by atoms with Gasteiger partial charge in [0.25, 0.3) is 0 Å². The molecule has 58 valence electrons. The van der Waals surface area contributed by atoms with Crippen LogP contribution in [0.3, 0.4) is 0 Å². The van der Waals surface area contributed by atoms with Crippen molar-refractivity contribution in [2.75, 3.05) is 11.5 Å². The molecule has 0 amide bonds. The van der Waals surface area contributed by atoms with E-state index in [1.54, 1.807) is 0 Å². The quantitative estimate of drug-likeness (QED) is 0.594. The van der Waals surface area contributed by atoms with Gasteiger partial charge in [-0.15, -0.1) is 0 Å². The minimum Gasteiger partial charge on any atom is -0.254 e. The SMILES string of the molecule is CCC=C1[S@](=O)CC[S@]1=O. The summed E-state index contributed by atoms with van der Waals surface area (Å²) in [4.78, 5) is 0. The van der Waals surface area contributed by atoms with E-state index >= 15 is 0 Å². The van der Waals surface area contributed by atoms with E-state index in [-0.39, 0.29) is 0 Å². The van der Waals surface area contributed by atoms with Crippen molar-refractivity contribution in [1.29, 1.82) is 0 Å². The molecule has 1 fully saturated rings. The van der Waals surface area contributed by atoms with E-state index in [1.165, 1.54) is 0 Å². The molecule has 1 aliphatic heterocycles. The lowest BCUT2D eigenvalue weighted by molar-refractivity contribution is 0.689. The van der Waals surface area contributed by atoms with Crippen LogP contribution < -0.4 is 0 Å². The Kier molecular flexibility index (Phi) is 2.80. The zero-order valence-electron chi connectivity index (χ0n) is 5.83. The van der Waals surface area contributed by atoms with E-state index < -0.39 is 21.6 Å². The van der Waals surface area contributed by atoms with Crippen molar-refractivity contribution in [2.45, 2.75) is 13.3 Å². The average Bonchev–Trinajstić information content (AvgIpc) is 2.20. The predicted octanol–water partition coefficient (Wildman–Crippen LogP) is 0.749. The summed E-state index contributed by atoms with van der Waals surface area (Å²) in [5, 5.41) is 0. The standard InChI is InChI=1S/C6H10O2S2/c1-2-3-6-9(7)4-5-10(6)8/h3H,2,4-5H2,1H3/t9-,10-/m1/s1. The summed E-state index contributed by atoms with van der Waals surface area (Å²) in [6, 6.07) is 0. The second-order valence-corrected chi connectivity index (χ2v) is 5.37. The second-order valence-electron chi connectivity index (χ2n) is 2.03. The molecule has 2 atom stereocenters. The van der Waals surface area contributed by atoms with Crippen molar-refractivity contribution in [1.82, 2.24) is 0 Å². The molecule has 0 radical (unpaired) electrons. The molecule has 0 bridgehead atoms. The summed E-state index contributed by atoms with van der Waals surface area (Å²) in [7, 11) is -1.86. The Morgan fingerprint density at radius 2 is 1.90 bits per heavy atom. The molecule has 0 unspecified atom stereocenters. The summed E-state index contributed by atoms with van der Waals surface area (Å²) in [6.07, 6.45) is 2.64. The van der Waals surface area contributed by atoms with Crippen molar-refractivity contribution in [3.8, 4) is 0 Å². The van der Waals surface area contributed by atoms with Crippen LogP contribution >= 0.6 is 0 Å². The van der Waals surface area contributed by atoms with Crippen LogP contribution in [0, 0.1) is 0 Å². The van der Waals surface area contributed by atoms with Gasteiger partial charge in [-0.2, -0.15) is 0 Å². The van der Waals surface area contributed by atoms with Crippen molar-refractivity contribution < 1.29 is 8.42 Å². The highest BCUT2D eigenvalue weighted by atomic mass is 32.2. The van der Waals surface area contributed by atoms with Crippen molar-refractivity contribution in [3.05, 3.63) is 10.3 Å². The molecule has 1 saturated heterocycles. The van der Waals surface area contributed by atoms with Gasteiger partial charge in [-0.25, -0.2) is 0 Å². The summed E-state index contributed by atoms with van der Waals surface area (Å²) < 4.78 is 22.7. The third-order valence-corrected chi connectivity index (χ3v) is 5.03. The van der Waals surface area contributed by atoms with Crippen molar-refractivity contribution in [3.63, 3.8) is 0 Å². The van der Waals surface area contributed by atoms with Gasteiger partial charge in [-0.3, -0.25) is 8.42 Å². The van der Waals surface area contributed by atoms with Gasteiger partial charge in [0.1, 0.15) is 0 Å². The fourth-order valence-corrected chi connectivity index (χ4v) is 4.46. The minimum atomic E-state index is -0.930. The maximum absolute atomic E-state index is 11.0. The number of allylic oxidation sites excluding steroid dienone is 1. The largest absolute Gasteiger partial charge is 0.254 e. The molecule has 2 nitrogen and oxygen atoms in total. The molecular weight excluding hydrogens is 168 g/mol. The molecule has 0 saturated carbocycles. The maximum Gasteiger partial charge on any atom is 0.0989 e. The molecule has 0 aromatic rings. The molecule has 0 aliphatic carbocycles. The summed E-state index contributed by atoms with van der Waals surface area (Å²) >= 11 is 0. The Hall–Kier alpha value is 0.0400. The van der Waals surface area contributed by atoms with Gasteiger partial charge in [0.2, 0.25) is 0 Å². The van der Waals surface area contributed by atoms with Gasteiger partial charge in [-0.05, 0) is 6.42 Å². The lowest BCUT2D eigenvalue weighted by atomic mass is 10.5. The highest BCUT2D eigenvalue weighted by Crippen LogP contribution is 2.16. The van der Waals surface area contributed by atoms with Crippen LogP contribution in [-0.2, 0) is 21.6 Å². The topological polar surface area (TPSA) is 34.1 Å². The molecule has 1 aliphatic rings. The molecule has 10 heavy (non-hydrogen) atoms. The molecule has 0 aromatic heterocycles. The van der Waals surface area contributed by atoms with Crippen LogP contribution in [0.4, 0.5) is 0 Å². The highest BCUT2D eigenvalue weighted by molar-refractivity contribution is 8.11. The van der Waals surface area contributed by atoms with Gasteiger partial charge in [-0.1, -0.05) is 13.0 Å². The number of hydrogen-bond acceptors (Lipinski definition) is 2. The Balaban J connectivity index is 2.82. The molecule has 0 spiro atoms. The lowest BCUT2D eigenvalue weighted by Crippen LogP contribution is -1.89.